The Bertz CT molecular complexity index is 604. The van der Waals surface area contributed by atoms with Crippen LogP contribution in [0.2, 0.25) is 0 Å². The summed E-state index contributed by atoms with van der Waals surface area (Å²) in [5.41, 5.74) is 0.735. The molecule has 122 valence electrons. The summed E-state index contributed by atoms with van der Waals surface area (Å²) in [6.07, 6.45) is -1.39. The van der Waals surface area contributed by atoms with Gasteiger partial charge in [-0.15, -0.1) is 3.89 Å². The lowest BCUT2D eigenvalue weighted by Gasteiger charge is -2.15. The van der Waals surface area contributed by atoms with Crippen LogP contribution in [-0.2, 0) is 31.1 Å². The predicted octanol–water partition coefficient (Wildman–Crippen LogP) is 1.14. The summed E-state index contributed by atoms with van der Waals surface area (Å²) in [4.78, 5) is 23.0. The number of alkyl carbamates (subject to hydrolysis) is 1. The van der Waals surface area contributed by atoms with Crippen LogP contribution in [0.5, 0.6) is 0 Å². The highest BCUT2D eigenvalue weighted by Crippen LogP contribution is 2.04. The van der Waals surface area contributed by atoms with Crippen molar-refractivity contribution in [3.8, 4) is 0 Å². The maximum Gasteiger partial charge on any atom is 0.408 e. The minimum absolute atomic E-state index is 0.0258. The molecule has 1 aromatic carbocycles. The molecule has 0 heterocycles. The summed E-state index contributed by atoms with van der Waals surface area (Å²) < 4.78 is 42.8. The fourth-order valence-corrected chi connectivity index (χ4v) is 2.07. The van der Waals surface area contributed by atoms with Crippen molar-refractivity contribution in [2.45, 2.75) is 19.1 Å². The van der Waals surface area contributed by atoms with Gasteiger partial charge >= 0.3 is 22.3 Å². The molecule has 0 saturated carbocycles. The van der Waals surface area contributed by atoms with E-state index in [-0.39, 0.29) is 6.61 Å². The van der Waals surface area contributed by atoms with E-state index < -0.39 is 40.5 Å². The van der Waals surface area contributed by atoms with E-state index in [0.29, 0.717) is 0 Å². The third-order valence-corrected chi connectivity index (χ3v) is 3.36. The molecular formula is C13H16FNO6S. The van der Waals surface area contributed by atoms with Crippen LogP contribution < -0.4 is 5.32 Å². The average Bonchev–Trinajstić information content (AvgIpc) is 2.48. The van der Waals surface area contributed by atoms with Crippen molar-refractivity contribution in [1.82, 2.24) is 5.32 Å². The number of halogens is 1. The number of nitrogens with one attached hydrogen (secondary N) is 1. The Balaban J connectivity index is 2.53. The molecule has 9 heteroatoms. The van der Waals surface area contributed by atoms with Gasteiger partial charge in [-0.05, 0) is 12.0 Å². The predicted molar refractivity (Wildman–Crippen MR) is 75.1 cm³/mol. The van der Waals surface area contributed by atoms with E-state index >= 15 is 0 Å². The minimum Gasteiger partial charge on any atom is -0.467 e. The van der Waals surface area contributed by atoms with Crippen LogP contribution >= 0.6 is 0 Å². The number of esters is 1. The quantitative estimate of drug-likeness (QED) is 0.593. The summed E-state index contributed by atoms with van der Waals surface area (Å²) in [7, 11) is -3.69. The molecule has 0 aliphatic rings. The van der Waals surface area contributed by atoms with E-state index in [2.05, 4.69) is 10.1 Å². The number of hydrogen-bond acceptors (Lipinski definition) is 6. The Hall–Kier alpha value is -2.16. The van der Waals surface area contributed by atoms with Crippen molar-refractivity contribution in [1.29, 1.82) is 0 Å². The van der Waals surface area contributed by atoms with Crippen molar-refractivity contribution >= 4 is 22.3 Å². The molecule has 0 aromatic heterocycles. The lowest BCUT2D eigenvalue weighted by molar-refractivity contribution is -0.143. The average molecular weight is 333 g/mol. The van der Waals surface area contributed by atoms with Crippen molar-refractivity contribution in [2.75, 3.05) is 12.9 Å². The van der Waals surface area contributed by atoms with Gasteiger partial charge in [0.05, 0.1) is 12.9 Å². The van der Waals surface area contributed by atoms with Gasteiger partial charge < -0.3 is 14.8 Å². The van der Waals surface area contributed by atoms with Gasteiger partial charge in [0, 0.05) is 0 Å². The summed E-state index contributed by atoms with van der Waals surface area (Å²) >= 11 is 0. The maximum absolute atomic E-state index is 12.5. The van der Waals surface area contributed by atoms with Crippen LogP contribution in [0.4, 0.5) is 8.68 Å². The highest BCUT2D eigenvalue weighted by Gasteiger charge is 2.24. The SMILES string of the molecule is COC(=O)C(CCS(=O)(=O)F)NC(=O)OCc1ccccc1. The Morgan fingerprint density at radius 2 is 1.91 bits per heavy atom. The van der Waals surface area contributed by atoms with Gasteiger partial charge in [-0.25, -0.2) is 9.59 Å². The van der Waals surface area contributed by atoms with E-state index in [1.165, 1.54) is 0 Å². The standard InChI is InChI=1S/C13H16FNO6S/c1-20-12(16)11(7-8-22(14,18)19)15-13(17)21-9-10-5-3-2-4-6-10/h2-6,11H,7-9H2,1H3,(H,15,17). The van der Waals surface area contributed by atoms with Crippen LogP contribution in [0.3, 0.4) is 0 Å². The van der Waals surface area contributed by atoms with Gasteiger partial charge in [-0.1, -0.05) is 30.3 Å². The van der Waals surface area contributed by atoms with Crippen molar-refractivity contribution in [3.63, 3.8) is 0 Å². The van der Waals surface area contributed by atoms with E-state index in [0.717, 1.165) is 12.7 Å². The number of hydrogen-bond donors (Lipinski definition) is 1. The third-order valence-electron chi connectivity index (χ3n) is 2.64. The number of carbonyl (C=O) groups excluding carboxylic acids is 2. The maximum atomic E-state index is 12.5. The van der Waals surface area contributed by atoms with Crippen molar-refractivity contribution < 1.29 is 31.4 Å². The van der Waals surface area contributed by atoms with Crippen molar-refractivity contribution in [2.24, 2.45) is 0 Å². The fraction of sp³-hybridized carbons (Fsp3) is 0.385. The second kappa shape index (κ2) is 8.32. The van der Waals surface area contributed by atoms with Crippen LogP contribution in [0.25, 0.3) is 0 Å². The van der Waals surface area contributed by atoms with Gasteiger partial charge in [0.2, 0.25) is 0 Å². The molecule has 0 saturated heterocycles. The monoisotopic (exact) mass is 333 g/mol. The topological polar surface area (TPSA) is 98.8 Å². The highest BCUT2D eigenvalue weighted by atomic mass is 32.3. The lowest BCUT2D eigenvalue weighted by atomic mass is 10.2. The van der Waals surface area contributed by atoms with Gasteiger partial charge in [-0.2, -0.15) is 8.42 Å². The molecule has 0 aliphatic carbocycles. The summed E-state index contributed by atoms with van der Waals surface area (Å²) in [5, 5.41) is 2.14. The molecule has 7 nitrogen and oxygen atoms in total. The largest absolute Gasteiger partial charge is 0.467 e. The molecule has 0 aliphatic heterocycles. The number of rotatable bonds is 7. The minimum atomic E-state index is -4.75. The van der Waals surface area contributed by atoms with E-state index in [1.807, 2.05) is 0 Å². The molecule has 1 N–H and O–H groups in total. The zero-order chi connectivity index (χ0) is 16.6. The van der Waals surface area contributed by atoms with Crippen molar-refractivity contribution in [3.05, 3.63) is 35.9 Å². The van der Waals surface area contributed by atoms with Gasteiger partial charge in [0.25, 0.3) is 0 Å². The molecule has 0 spiro atoms. The van der Waals surface area contributed by atoms with Gasteiger partial charge in [0.15, 0.2) is 0 Å². The molecule has 0 fully saturated rings. The first-order valence-corrected chi connectivity index (χ1v) is 7.84. The van der Waals surface area contributed by atoms with E-state index in [4.69, 9.17) is 4.74 Å². The number of ether oxygens (including phenoxy) is 2. The van der Waals surface area contributed by atoms with Crippen LogP contribution in [0.1, 0.15) is 12.0 Å². The smallest absolute Gasteiger partial charge is 0.408 e. The summed E-state index contributed by atoms with van der Waals surface area (Å²) in [6, 6.07) is 7.49. The Labute approximate surface area is 127 Å². The number of carbonyl (C=O) groups is 2. The fourth-order valence-electron chi connectivity index (χ4n) is 1.56. The molecule has 1 unspecified atom stereocenters. The first kappa shape index (κ1) is 17.9. The molecule has 1 aromatic rings. The normalized spacial score (nSPS) is 12.3. The number of benzene rings is 1. The van der Waals surface area contributed by atoms with Gasteiger partial charge in [0.1, 0.15) is 12.6 Å². The molecular weight excluding hydrogens is 317 g/mol. The Kier molecular flexibility index (Phi) is 6.77. The molecule has 0 radical (unpaired) electrons. The first-order valence-electron chi connectivity index (χ1n) is 6.29. The molecule has 1 rings (SSSR count). The Morgan fingerprint density at radius 3 is 2.45 bits per heavy atom. The highest BCUT2D eigenvalue weighted by molar-refractivity contribution is 7.86. The third kappa shape index (κ3) is 7.02. The first-order chi connectivity index (χ1) is 10.3. The Morgan fingerprint density at radius 1 is 1.27 bits per heavy atom. The van der Waals surface area contributed by atoms with Crippen LogP contribution in [0, 0.1) is 0 Å². The number of amides is 1. The van der Waals surface area contributed by atoms with E-state index in [9.17, 15) is 21.9 Å². The van der Waals surface area contributed by atoms with Crippen LogP contribution in [0.15, 0.2) is 30.3 Å². The summed E-state index contributed by atoms with van der Waals surface area (Å²) in [6.45, 7) is -0.0258. The van der Waals surface area contributed by atoms with Crippen LogP contribution in [-0.4, -0.2) is 39.4 Å². The van der Waals surface area contributed by atoms with Gasteiger partial charge in [-0.3, -0.25) is 0 Å². The molecule has 0 bridgehead atoms. The second-order valence-electron chi connectivity index (χ2n) is 4.31. The summed E-state index contributed by atoms with van der Waals surface area (Å²) in [5.74, 6) is -1.80. The zero-order valence-corrected chi connectivity index (χ0v) is 12.6. The number of methoxy groups -OCH3 is 1. The molecule has 1 atom stereocenters. The van der Waals surface area contributed by atoms with E-state index in [1.54, 1.807) is 30.3 Å². The molecule has 1 amide bonds. The second-order valence-corrected chi connectivity index (χ2v) is 5.80. The lowest BCUT2D eigenvalue weighted by Crippen LogP contribution is -2.42. The zero-order valence-electron chi connectivity index (χ0n) is 11.8. The molecule has 22 heavy (non-hydrogen) atoms.